The second-order valence-corrected chi connectivity index (χ2v) is 6.81. The molecule has 2 atom stereocenters. The van der Waals surface area contributed by atoms with Gasteiger partial charge in [-0.2, -0.15) is 0 Å². The van der Waals surface area contributed by atoms with Crippen molar-refractivity contribution in [1.29, 1.82) is 0 Å². The Morgan fingerprint density at radius 1 is 0.810 bits per heavy atom. The molecule has 0 aromatic rings. The molecule has 0 radical (unpaired) electrons. The number of hydrogen-bond donors (Lipinski definition) is 0. The summed E-state index contributed by atoms with van der Waals surface area (Å²) in [6.07, 6.45) is 21.0. The maximum absolute atomic E-state index is 2.39. The van der Waals surface area contributed by atoms with E-state index in [1.807, 2.05) is 0 Å². The van der Waals surface area contributed by atoms with Gasteiger partial charge in [-0.3, -0.25) is 0 Å². The van der Waals surface area contributed by atoms with Crippen LogP contribution in [0, 0.1) is 11.8 Å². The Morgan fingerprint density at radius 2 is 1.57 bits per heavy atom. The minimum atomic E-state index is 0.637. The topological polar surface area (TPSA) is 0 Å². The van der Waals surface area contributed by atoms with E-state index < -0.39 is 0 Å². The van der Waals surface area contributed by atoms with E-state index >= 15 is 0 Å². The first-order valence-electron chi connectivity index (χ1n) is 8.29. The molecule has 0 unspecified atom stereocenters. The van der Waals surface area contributed by atoms with Gasteiger partial charge in [-0.15, -0.1) is 0 Å². The Kier molecular flexibility index (Phi) is 4.14. The Bertz CT molecular complexity index is 602. The van der Waals surface area contributed by atoms with Crippen molar-refractivity contribution in [2.24, 2.45) is 11.8 Å². The van der Waals surface area contributed by atoms with Crippen LogP contribution in [0.25, 0.3) is 0 Å². The average Bonchev–Trinajstić information content (AvgIpc) is 2.49. The predicted octanol–water partition coefficient (Wildman–Crippen LogP) is 6.07. The number of rotatable bonds is 2. The van der Waals surface area contributed by atoms with Crippen LogP contribution in [-0.2, 0) is 0 Å². The van der Waals surface area contributed by atoms with Crippen LogP contribution in [0.1, 0.15) is 46.5 Å². The maximum Gasteiger partial charge on any atom is -0.0147 e. The first-order valence-corrected chi connectivity index (χ1v) is 8.29. The van der Waals surface area contributed by atoms with Crippen molar-refractivity contribution in [1.82, 2.24) is 0 Å². The van der Waals surface area contributed by atoms with Gasteiger partial charge in [0.15, 0.2) is 0 Å². The summed E-state index contributed by atoms with van der Waals surface area (Å²) < 4.78 is 0. The lowest BCUT2D eigenvalue weighted by atomic mass is 9.76. The van der Waals surface area contributed by atoms with Crippen LogP contribution < -0.4 is 0 Å². The summed E-state index contributed by atoms with van der Waals surface area (Å²) in [5, 5.41) is 0. The molecule has 3 aliphatic rings. The molecule has 3 aliphatic carbocycles. The van der Waals surface area contributed by atoms with E-state index in [4.69, 9.17) is 0 Å². The quantitative estimate of drug-likeness (QED) is 0.575. The largest absolute Gasteiger partial charge is 0.0839 e. The molecule has 0 N–H and O–H groups in total. The Hall–Kier alpha value is -1.56. The Labute approximate surface area is 129 Å². The molecule has 110 valence electrons. The van der Waals surface area contributed by atoms with Crippen LogP contribution in [0.15, 0.2) is 70.4 Å². The third kappa shape index (κ3) is 3.05. The van der Waals surface area contributed by atoms with Crippen molar-refractivity contribution < 1.29 is 0 Å². The van der Waals surface area contributed by atoms with Crippen molar-refractivity contribution in [3.05, 3.63) is 70.4 Å². The molecule has 0 aromatic heterocycles. The fraction of sp³-hybridized carbons (Fsp3) is 0.429. The fourth-order valence-electron chi connectivity index (χ4n) is 3.62. The highest BCUT2D eigenvalue weighted by Gasteiger charge is 2.23. The first kappa shape index (κ1) is 14.4. The minimum absolute atomic E-state index is 0.637. The Balaban J connectivity index is 1.86. The van der Waals surface area contributed by atoms with Crippen LogP contribution in [0.2, 0.25) is 0 Å². The minimum Gasteiger partial charge on any atom is -0.0839 e. The van der Waals surface area contributed by atoms with Gasteiger partial charge in [0.05, 0.1) is 0 Å². The lowest BCUT2D eigenvalue weighted by Crippen LogP contribution is -2.14. The molecule has 0 spiro atoms. The van der Waals surface area contributed by atoms with Gasteiger partial charge < -0.3 is 0 Å². The van der Waals surface area contributed by atoms with Crippen molar-refractivity contribution in [2.45, 2.75) is 46.5 Å². The molecule has 0 heterocycles. The van der Waals surface area contributed by atoms with Gasteiger partial charge in [0.1, 0.15) is 0 Å². The molecule has 0 bridgehead atoms. The Morgan fingerprint density at radius 3 is 2.24 bits per heavy atom. The van der Waals surface area contributed by atoms with E-state index in [-0.39, 0.29) is 0 Å². The highest BCUT2D eigenvalue weighted by atomic mass is 14.3. The average molecular weight is 278 g/mol. The molecule has 0 aliphatic heterocycles. The second kappa shape index (κ2) is 6.05. The van der Waals surface area contributed by atoms with E-state index in [1.165, 1.54) is 31.3 Å². The fourth-order valence-corrected chi connectivity index (χ4v) is 3.62. The van der Waals surface area contributed by atoms with Gasteiger partial charge in [0, 0.05) is 0 Å². The van der Waals surface area contributed by atoms with E-state index in [9.17, 15) is 0 Å². The van der Waals surface area contributed by atoms with Crippen molar-refractivity contribution in [3.8, 4) is 0 Å². The normalized spacial score (nSPS) is 29.2. The molecular weight excluding hydrogens is 252 g/mol. The zero-order valence-corrected chi connectivity index (χ0v) is 13.5. The summed E-state index contributed by atoms with van der Waals surface area (Å²) in [5.74, 6) is 1.30. The molecule has 0 nitrogen and oxygen atoms in total. The molecular formula is C21H26. The molecule has 0 aromatic carbocycles. The van der Waals surface area contributed by atoms with Gasteiger partial charge in [0.25, 0.3) is 0 Å². The summed E-state index contributed by atoms with van der Waals surface area (Å²) >= 11 is 0. The summed E-state index contributed by atoms with van der Waals surface area (Å²) in [6, 6.07) is 0. The number of allylic oxidation sites excluding steroid dienone is 12. The highest BCUT2D eigenvalue weighted by molar-refractivity contribution is 5.49. The number of hydrogen-bond acceptors (Lipinski definition) is 0. The van der Waals surface area contributed by atoms with Crippen molar-refractivity contribution in [2.75, 3.05) is 0 Å². The van der Waals surface area contributed by atoms with Gasteiger partial charge in [0.2, 0.25) is 0 Å². The van der Waals surface area contributed by atoms with Gasteiger partial charge in [-0.25, -0.2) is 0 Å². The summed E-state index contributed by atoms with van der Waals surface area (Å²) in [6.45, 7) is 6.96. The first-order chi connectivity index (χ1) is 10.1. The monoisotopic (exact) mass is 278 g/mol. The van der Waals surface area contributed by atoms with Gasteiger partial charge >= 0.3 is 0 Å². The van der Waals surface area contributed by atoms with E-state index in [0.29, 0.717) is 11.8 Å². The van der Waals surface area contributed by atoms with Crippen LogP contribution >= 0.6 is 0 Å². The van der Waals surface area contributed by atoms with Crippen LogP contribution in [0.4, 0.5) is 0 Å². The molecule has 3 rings (SSSR count). The smallest absolute Gasteiger partial charge is 0.0147 e. The van der Waals surface area contributed by atoms with Gasteiger partial charge in [-0.1, -0.05) is 62.0 Å². The molecule has 0 heteroatoms. The van der Waals surface area contributed by atoms with Crippen LogP contribution in [0.5, 0.6) is 0 Å². The zero-order valence-electron chi connectivity index (χ0n) is 13.5. The standard InChI is InChI=1S/C21H26/c1-15-8-10-18(11-9-15)19-12-13-21(17(3)14-19)20-7-5-4-6-16(20)2/h4-5,7-8,10,12-13,16-17H,6,9,11,14H2,1-3H3/t16-,17+/m1/s1. The molecule has 0 fully saturated rings. The summed E-state index contributed by atoms with van der Waals surface area (Å²) in [5.41, 5.74) is 7.71. The highest BCUT2D eigenvalue weighted by Crippen LogP contribution is 2.39. The van der Waals surface area contributed by atoms with Crippen molar-refractivity contribution in [3.63, 3.8) is 0 Å². The van der Waals surface area contributed by atoms with Gasteiger partial charge in [-0.05, 0) is 66.7 Å². The van der Waals surface area contributed by atoms with E-state index in [1.54, 1.807) is 22.3 Å². The lowest BCUT2D eigenvalue weighted by Gasteiger charge is -2.29. The van der Waals surface area contributed by atoms with Crippen LogP contribution in [-0.4, -0.2) is 0 Å². The third-order valence-electron chi connectivity index (χ3n) is 5.06. The SMILES string of the molecule is CC1=CC=C(C2=CC=C(C3=CC=CC[C@H]3C)[C@@H](C)C2)CC1. The summed E-state index contributed by atoms with van der Waals surface area (Å²) in [7, 11) is 0. The molecule has 0 saturated carbocycles. The lowest BCUT2D eigenvalue weighted by molar-refractivity contribution is 0.614. The zero-order chi connectivity index (χ0) is 14.8. The molecule has 21 heavy (non-hydrogen) atoms. The van der Waals surface area contributed by atoms with Crippen LogP contribution in [0.3, 0.4) is 0 Å². The molecule has 0 saturated heterocycles. The summed E-state index contributed by atoms with van der Waals surface area (Å²) in [4.78, 5) is 0. The predicted molar refractivity (Wildman–Crippen MR) is 92.0 cm³/mol. The van der Waals surface area contributed by atoms with E-state index in [2.05, 4.69) is 63.3 Å². The molecule has 0 amide bonds. The van der Waals surface area contributed by atoms with Crippen molar-refractivity contribution >= 4 is 0 Å². The second-order valence-electron chi connectivity index (χ2n) is 6.81. The van der Waals surface area contributed by atoms with E-state index in [0.717, 1.165) is 0 Å². The maximum atomic E-state index is 2.39. The third-order valence-corrected chi connectivity index (χ3v) is 5.06.